The van der Waals surface area contributed by atoms with E-state index < -0.39 is 0 Å². The predicted molar refractivity (Wildman–Crippen MR) is 72.9 cm³/mol. The molecule has 0 saturated heterocycles. The molecule has 17 heavy (non-hydrogen) atoms. The van der Waals surface area contributed by atoms with E-state index in [2.05, 4.69) is 13.8 Å². The molecule has 2 fully saturated rings. The van der Waals surface area contributed by atoms with Crippen molar-refractivity contribution in [2.75, 3.05) is 0 Å². The average Bonchev–Trinajstić information content (AvgIpc) is 3.14. The van der Waals surface area contributed by atoms with Gasteiger partial charge in [0.05, 0.1) is 5.60 Å². The first kappa shape index (κ1) is 13.4. The third kappa shape index (κ3) is 3.24. The van der Waals surface area contributed by atoms with Crippen LogP contribution in [-0.2, 0) is 0 Å². The van der Waals surface area contributed by atoms with E-state index in [1.165, 1.54) is 57.8 Å². The molecule has 2 rings (SSSR count). The van der Waals surface area contributed by atoms with Crippen LogP contribution in [0.15, 0.2) is 0 Å². The normalized spacial score (nSPS) is 27.7. The maximum Gasteiger partial charge on any atom is 0.0706 e. The quantitative estimate of drug-likeness (QED) is 0.720. The zero-order chi connectivity index (χ0) is 12.3. The molecule has 0 heterocycles. The summed E-state index contributed by atoms with van der Waals surface area (Å²) in [4.78, 5) is 0. The van der Waals surface area contributed by atoms with Crippen molar-refractivity contribution < 1.29 is 5.11 Å². The number of hydrogen-bond acceptors (Lipinski definition) is 1. The van der Waals surface area contributed by atoms with Crippen molar-refractivity contribution in [3.63, 3.8) is 0 Å². The van der Waals surface area contributed by atoms with E-state index >= 15 is 0 Å². The van der Waals surface area contributed by atoms with E-state index in [4.69, 9.17) is 0 Å². The molecule has 2 unspecified atom stereocenters. The van der Waals surface area contributed by atoms with Gasteiger partial charge in [-0.2, -0.15) is 0 Å². The molecule has 0 aromatic rings. The molecule has 0 bridgehead atoms. The first-order chi connectivity index (χ1) is 8.16. The first-order valence-corrected chi connectivity index (χ1v) is 7.89. The summed E-state index contributed by atoms with van der Waals surface area (Å²) >= 11 is 0. The third-order valence-corrected chi connectivity index (χ3v) is 5.05. The highest BCUT2D eigenvalue weighted by atomic mass is 16.3. The zero-order valence-electron chi connectivity index (χ0n) is 11.8. The number of hydrogen-bond donors (Lipinski definition) is 1. The minimum absolute atomic E-state index is 0.297. The topological polar surface area (TPSA) is 20.2 Å². The molecular weight excluding hydrogens is 208 g/mol. The summed E-state index contributed by atoms with van der Waals surface area (Å²) in [6.45, 7) is 4.59. The van der Waals surface area contributed by atoms with Crippen molar-refractivity contribution >= 4 is 0 Å². The lowest BCUT2D eigenvalue weighted by atomic mass is 9.70. The fraction of sp³-hybridized carbons (Fsp3) is 1.00. The van der Waals surface area contributed by atoms with Crippen molar-refractivity contribution in [2.24, 2.45) is 17.8 Å². The van der Waals surface area contributed by atoms with E-state index in [0.717, 1.165) is 6.42 Å². The smallest absolute Gasteiger partial charge is 0.0706 e. The molecule has 0 spiro atoms. The highest BCUT2D eigenvalue weighted by Crippen LogP contribution is 2.50. The van der Waals surface area contributed by atoms with E-state index in [0.29, 0.717) is 17.8 Å². The summed E-state index contributed by atoms with van der Waals surface area (Å²) in [6, 6.07) is 0. The minimum Gasteiger partial charge on any atom is -0.389 e. The van der Waals surface area contributed by atoms with Gasteiger partial charge in [0.15, 0.2) is 0 Å². The Morgan fingerprint density at radius 3 is 2.18 bits per heavy atom. The third-order valence-electron chi connectivity index (χ3n) is 5.05. The lowest BCUT2D eigenvalue weighted by Crippen LogP contribution is -2.42. The van der Waals surface area contributed by atoms with Crippen LogP contribution in [0.5, 0.6) is 0 Å². The van der Waals surface area contributed by atoms with Crippen LogP contribution in [0.2, 0.25) is 0 Å². The van der Waals surface area contributed by atoms with Crippen molar-refractivity contribution in [3.05, 3.63) is 0 Å². The molecule has 1 heteroatoms. The van der Waals surface area contributed by atoms with Gasteiger partial charge in [-0.15, -0.1) is 0 Å². The minimum atomic E-state index is -0.297. The van der Waals surface area contributed by atoms with Gasteiger partial charge in [0, 0.05) is 0 Å². The summed E-state index contributed by atoms with van der Waals surface area (Å²) in [5.74, 6) is 1.96. The molecule has 100 valence electrons. The lowest BCUT2D eigenvalue weighted by molar-refractivity contribution is -0.0696. The maximum atomic E-state index is 11.2. The molecule has 2 aliphatic carbocycles. The Morgan fingerprint density at radius 1 is 1.06 bits per heavy atom. The van der Waals surface area contributed by atoms with E-state index in [1.807, 2.05) is 0 Å². The Bertz CT molecular complexity index is 228. The second-order valence-electron chi connectivity index (χ2n) is 6.70. The van der Waals surface area contributed by atoms with Crippen LogP contribution in [0.25, 0.3) is 0 Å². The fourth-order valence-electron chi connectivity index (χ4n) is 4.01. The Balaban J connectivity index is 1.97. The van der Waals surface area contributed by atoms with Gasteiger partial charge >= 0.3 is 0 Å². The molecular formula is C16H30O. The maximum absolute atomic E-state index is 11.2. The van der Waals surface area contributed by atoms with Gasteiger partial charge in [-0.05, 0) is 49.9 Å². The fourth-order valence-corrected chi connectivity index (χ4v) is 4.01. The standard InChI is InChI=1S/C16H30O/c1-3-7-13(2)12-16(17,15-10-11-15)14-8-5-4-6-9-14/h13-15,17H,3-12H2,1-2H3. The second-order valence-corrected chi connectivity index (χ2v) is 6.70. The Labute approximate surface area is 107 Å². The summed E-state index contributed by atoms with van der Waals surface area (Å²) < 4.78 is 0. The van der Waals surface area contributed by atoms with E-state index in [9.17, 15) is 5.11 Å². The van der Waals surface area contributed by atoms with Gasteiger partial charge in [0.2, 0.25) is 0 Å². The van der Waals surface area contributed by atoms with Crippen LogP contribution < -0.4 is 0 Å². The molecule has 2 aliphatic rings. The summed E-state index contributed by atoms with van der Waals surface area (Å²) in [5.41, 5.74) is -0.297. The molecule has 1 N–H and O–H groups in total. The van der Waals surface area contributed by atoms with Crippen LogP contribution in [0.1, 0.15) is 78.1 Å². The second kappa shape index (κ2) is 5.73. The van der Waals surface area contributed by atoms with E-state index in [1.54, 1.807) is 0 Å². The van der Waals surface area contributed by atoms with Crippen LogP contribution in [-0.4, -0.2) is 10.7 Å². The molecule has 0 aromatic heterocycles. The van der Waals surface area contributed by atoms with Crippen LogP contribution in [0.3, 0.4) is 0 Å². The average molecular weight is 238 g/mol. The van der Waals surface area contributed by atoms with Gasteiger partial charge in [0.1, 0.15) is 0 Å². The molecule has 0 amide bonds. The molecule has 1 nitrogen and oxygen atoms in total. The summed E-state index contributed by atoms with van der Waals surface area (Å²) in [6.07, 6.45) is 12.8. The van der Waals surface area contributed by atoms with Gasteiger partial charge < -0.3 is 5.11 Å². The van der Waals surface area contributed by atoms with Crippen molar-refractivity contribution in [3.8, 4) is 0 Å². The highest BCUT2D eigenvalue weighted by molar-refractivity contribution is 5.00. The molecule has 2 saturated carbocycles. The summed E-state index contributed by atoms with van der Waals surface area (Å²) in [5, 5.41) is 11.2. The zero-order valence-corrected chi connectivity index (χ0v) is 11.8. The van der Waals surface area contributed by atoms with Gasteiger partial charge in [-0.25, -0.2) is 0 Å². The van der Waals surface area contributed by atoms with Gasteiger partial charge in [-0.3, -0.25) is 0 Å². The number of aliphatic hydroxyl groups is 1. The monoisotopic (exact) mass is 238 g/mol. The Kier molecular flexibility index (Phi) is 4.52. The van der Waals surface area contributed by atoms with Crippen molar-refractivity contribution in [1.29, 1.82) is 0 Å². The Hall–Kier alpha value is -0.0400. The molecule has 0 radical (unpaired) electrons. The van der Waals surface area contributed by atoms with Crippen LogP contribution >= 0.6 is 0 Å². The predicted octanol–water partition coefficient (Wildman–Crippen LogP) is 4.53. The van der Waals surface area contributed by atoms with Crippen LogP contribution in [0, 0.1) is 17.8 Å². The number of rotatable bonds is 6. The lowest BCUT2D eigenvalue weighted by Gasteiger charge is -2.40. The summed E-state index contributed by atoms with van der Waals surface area (Å²) in [7, 11) is 0. The first-order valence-electron chi connectivity index (χ1n) is 7.89. The highest BCUT2D eigenvalue weighted by Gasteiger charge is 2.49. The van der Waals surface area contributed by atoms with Crippen LogP contribution in [0.4, 0.5) is 0 Å². The van der Waals surface area contributed by atoms with Crippen molar-refractivity contribution in [2.45, 2.75) is 83.7 Å². The largest absolute Gasteiger partial charge is 0.389 e. The van der Waals surface area contributed by atoms with Gasteiger partial charge in [0.25, 0.3) is 0 Å². The van der Waals surface area contributed by atoms with Gasteiger partial charge in [-0.1, -0.05) is 46.0 Å². The SMILES string of the molecule is CCCC(C)CC(O)(C1CCCCC1)C1CC1. The van der Waals surface area contributed by atoms with E-state index in [-0.39, 0.29) is 5.60 Å². The Morgan fingerprint density at radius 2 is 1.65 bits per heavy atom. The molecule has 0 aliphatic heterocycles. The molecule has 0 aromatic carbocycles. The van der Waals surface area contributed by atoms with Crippen molar-refractivity contribution in [1.82, 2.24) is 0 Å². The molecule has 2 atom stereocenters.